The van der Waals surface area contributed by atoms with Gasteiger partial charge in [-0.25, -0.2) is 13.4 Å². The Bertz CT molecular complexity index is 511. The predicted molar refractivity (Wildman–Crippen MR) is 68.8 cm³/mol. The van der Waals surface area contributed by atoms with E-state index in [0.29, 0.717) is 19.4 Å². The standard InChI is InChI=1S/C11H20N4O2S/c1-2-4-15-10(13-9-14-15)6-11(7-12)3-5-18(16,17)8-11/h9H,2-8,12H2,1H3. The highest BCUT2D eigenvalue weighted by Crippen LogP contribution is 2.34. The molecular weight excluding hydrogens is 252 g/mol. The second-order valence-corrected chi connectivity index (χ2v) is 7.31. The highest BCUT2D eigenvalue weighted by Gasteiger charge is 2.42. The molecule has 1 fully saturated rings. The Morgan fingerprint density at radius 3 is 2.89 bits per heavy atom. The van der Waals surface area contributed by atoms with Crippen molar-refractivity contribution in [2.75, 3.05) is 18.1 Å². The van der Waals surface area contributed by atoms with Gasteiger partial charge in [0.2, 0.25) is 0 Å². The summed E-state index contributed by atoms with van der Waals surface area (Å²) in [6.07, 6.45) is 3.73. The molecule has 1 atom stereocenters. The van der Waals surface area contributed by atoms with Crippen LogP contribution >= 0.6 is 0 Å². The van der Waals surface area contributed by atoms with E-state index in [1.54, 1.807) is 0 Å². The van der Waals surface area contributed by atoms with Crippen molar-refractivity contribution in [2.24, 2.45) is 11.1 Å². The van der Waals surface area contributed by atoms with Crippen molar-refractivity contribution in [3.8, 4) is 0 Å². The van der Waals surface area contributed by atoms with Crippen LogP contribution in [0.4, 0.5) is 0 Å². The third kappa shape index (κ3) is 2.72. The number of hydrogen-bond acceptors (Lipinski definition) is 5. The lowest BCUT2D eigenvalue weighted by Gasteiger charge is -2.25. The Morgan fingerprint density at radius 1 is 1.56 bits per heavy atom. The van der Waals surface area contributed by atoms with Gasteiger partial charge < -0.3 is 5.73 Å². The summed E-state index contributed by atoms with van der Waals surface area (Å²) in [4.78, 5) is 4.24. The van der Waals surface area contributed by atoms with Crippen LogP contribution in [0.5, 0.6) is 0 Å². The number of sulfone groups is 1. The first kappa shape index (κ1) is 13.5. The topological polar surface area (TPSA) is 90.9 Å². The molecule has 0 aliphatic carbocycles. The molecule has 2 N–H and O–H groups in total. The fraction of sp³-hybridized carbons (Fsp3) is 0.818. The van der Waals surface area contributed by atoms with E-state index in [0.717, 1.165) is 18.8 Å². The molecule has 0 bridgehead atoms. The van der Waals surface area contributed by atoms with Gasteiger partial charge in [-0.2, -0.15) is 5.10 Å². The lowest BCUT2D eigenvalue weighted by molar-refractivity contribution is 0.328. The fourth-order valence-electron chi connectivity index (χ4n) is 2.51. The molecule has 0 radical (unpaired) electrons. The maximum Gasteiger partial charge on any atom is 0.150 e. The zero-order valence-electron chi connectivity index (χ0n) is 10.7. The molecule has 0 spiro atoms. The molecule has 1 saturated heterocycles. The van der Waals surface area contributed by atoms with Crippen LogP contribution in [0.3, 0.4) is 0 Å². The minimum atomic E-state index is -2.93. The molecule has 7 heteroatoms. The van der Waals surface area contributed by atoms with E-state index in [2.05, 4.69) is 17.0 Å². The monoisotopic (exact) mass is 272 g/mol. The van der Waals surface area contributed by atoms with E-state index in [-0.39, 0.29) is 16.9 Å². The number of nitrogens with zero attached hydrogens (tertiary/aromatic N) is 3. The van der Waals surface area contributed by atoms with Crippen molar-refractivity contribution in [3.05, 3.63) is 12.2 Å². The van der Waals surface area contributed by atoms with Gasteiger partial charge in [0, 0.05) is 18.4 Å². The van der Waals surface area contributed by atoms with E-state index < -0.39 is 9.84 Å². The summed E-state index contributed by atoms with van der Waals surface area (Å²) in [5.41, 5.74) is 5.46. The Balaban J connectivity index is 2.18. The highest BCUT2D eigenvalue weighted by atomic mass is 32.2. The van der Waals surface area contributed by atoms with Crippen molar-refractivity contribution >= 4 is 9.84 Å². The van der Waals surface area contributed by atoms with Crippen LogP contribution in [-0.2, 0) is 22.8 Å². The van der Waals surface area contributed by atoms with Crippen LogP contribution in [0.15, 0.2) is 6.33 Å². The van der Waals surface area contributed by atoms with Gasteiger partial charge in [0.25, 0.3) is 0 Å². The van der Waals surface area contributed by atoms with Gasteiger partial charge in [-0.1, -0.05) is 6.92 Å². The summed E-state index contributed by atoms with van der Waals surface area (Å²) in [5, 5.41) is 4.17. The Labute approximate surface area is 108 Å². The largest absolute Gasteiger partial charge is 0.330 e. The van der Waals surface area contributed by atoms with Crippen molar-refractivity contribution in [1.82, 2.24) is 14.8 Å². The van der Waals surface area contributed by atoms with Crippen molar-refractivity contribution in [2.45, 2.75) is 32.7 Å². The summed E-state index contributed by atoms with van der Waals surface area (Å²) in [6.45, 7) is 3.26. The van der Waals surface area contributed by atoms with E-state index in [1.807, 2.05) is 4.68 Å². The Hall–Kier alpha value is -0.950. The minimum Gasteiger partial charge on any atom is -0.330 e. The zero-order valence-corrected chi connectivity index (χ0v) is 11.5. The van der Waals surface area contributed by atoms with Gasteiger partial charge in [-0.15, -0.1) is 0 Å². The second kappa shape index (κ2) is 4.97. The lowest BCUT2D eigenvalue weighted by atomic mass is 9.84. The molecule has 1 unspecified atom stereocenters. The second-order valence-electron chi connectivity index (χ2n) is 5.12. The normalized spacial score (nSPS) is 26.6. The molecular formula is C11H20N4O2S. The SMILES string of the molecule is CCCn1ncnc1CC1(CN)CCS(=O)(=O)C1. The fourth-order valence-corrected chi connectivity index (χ4v) is 4.70. The molecule has 2 heterocycles. The van der Waals surface area contributed by atoms with Gasteiger partial charge >= 0.3 is 0 Å². The Kier molecular flexibility index (Phi) is 3.72. The van der Waals surface area contributed by atoms with Gasteiger partial charge in [-0.3, -0.25) is 4.68 Å². The molecule has 18 heavy (non-hydrogen) atoms. The summed E-state index contributed by atoms with van der Waals surface area (Å²) in [6, 6.07) is 0. The molecule has 1 aromatic rings. The molecule has 0 aromatic carbocycles. The molecule has 1 aliphatic heterocycles. The Morgan fingerprint density at radius 2 is 2.33 bits per heavy atom. The molecule has 1 aliphatic rings. The highest BCUT2D eigenvalue weighted by molar-refractivity contribution is 7.91. The first-order valence-corrected chi connectivity index (χ1v) is 8.10. The van der Waals surface area contributed by atoms with Crippen molar-refractivity contribution in [3.63, 3.8) is 0 Å². The average Bonchev–Trinajstić information content (AvgIpc) is 2.86. The summed E-state index contributed by atoms with van der Waals surface area (Å²) >= 11 is 0. The number of hydrogen-bond donors (Lipinski definition) is 1. The molecule has 102 valence electrons. The lowest BCUT2D eigenvalue weighted by Crippen LogP contribution is -2.35. The molecule has 0 amide bonds. The van der Waals surface area contributed by atoms with Crippen LogP contribution in [-0.4, -0.2) is 41.2 Å². The van der Waals surface area contributed by atoms with Crippen molar-refractivity contribution in [1.29, 1.82) is 0 Å². The van der Waals surface area contributed by atoms with Gasteiger partial charge in [0.15, 0.2) is 9.84 Å². The quantitative estimate of drug-likeness (QED) is 0.814. The van der Waals surface area contributed by atoms with Crippen LogP contribution in [0.1, 0.15) is 25.6 Å². The maximum absolute atomic E-state index is 11.6. The van der Waals surface area contributed by atoms with Crippen molar-refractivity contribution < 1.29 is 8.42 Å². The molecule has 6 nitrogen and oxygen atoms in total. The first-order valence-electron chi connectivity index (χ1n) is 6.27. The number of rotatable bonds is 5. The summed E-state index contributed by atoms with van der Waals surface area (Å²) in [7, 11) is -2.93. The van der Waals surface area contributed by atoms with Crippen LogP contribution in [0, 0.1) is 5.41 Å². The summed E-state index contributed by atoms with van der Waals surface area (Å²) in [5.74, 6) is 1.26. The van der Waals surface area contributed by atoms with E-state index in [4.69, 9.17) is 5.73 Å². The third-order valence-corrected chi connectivity index (χ3v) is 5.45. The summed E-state index contributed by atoms with van der Waals surface area (Å²) < 4.78 is 25.1. The minimum absolute atomic E-state index is 0.176. The molecule has 0 saturated carbocycles. The smallest absolute Gasteiger partial charge is 0.150 e. The first-order chi connectivity index (χ1) is 8.50. The number of nitrogens with two attached hydrogens (primary N) is 1. The van der Waals surface area contributed by atoms with Gasteiger partial charge in [-0.05, 0) is 19.4 Å². The molecule has 1 aromatic heterocycles. The van der Waals surface area contributed by atoms with Crippen LogP contribution in [0.2, 0.25) is 0 Å². The average molecular weight is 272 g/mol. The number of aryl methyl sites for hydroxylation is 1. The van der Waals surface area contributed by atoms with Crippen LogP contribution < -0.4 is 5.73 Å². The predicted octanol–water partition coefficient (Wildman–Crippen LogP) is -0.00580. The van der Waals surface area contributed by atoms with Gasteiger partial charge in [0.05, 0.1) is 11.5 Å². The number of aromatic nitrogens is 3. The van der Waals surface area contributed by atoms with E-state index in [9.17, 15) is 8.42 Å². The van der Waals surface area contributed by atoms with E-state index in [1.165, 1.54) is 6.33 Å². The maximum atomic E-state index is 11.6. The van der Waals surface area contributed by atoms with E-state index >= 15 is 0 Å². The van der Waals surface area contributed by atoms with Gasteiger partial charge in [0.1, 0.15) is 12.2 Å². The third-order valence-electron chi connectivity index (χ3n) is 3.57. The van der Waals surface area contributed by atoms with Crippen LogP contribution in [0.25, 0.3) is 0 Å². The zero-order chi connectivity index (χ0) is 13.2. The molecule has 2 rings (SSSR count).